The molecule has 1 amide bonds. The van der Waals surface area contributed by atoms with Crippen molar-refractivity contribution in [2.24, 2.45) is 0 Å². The zero-order valence-corrected chi connectivity index (χ0v) is 9.88. The summed E-state index contributed by atoms with van der Waals surface area (Å²) in [5.41, 5.74) is 0.801. The molecule has 0 saturated carbocycles. The molecule has 0 saturated heterocycles. The summed E-state index contributed by atoms with van der Waals surface area (Å²) in [5.74, 6) is 0.0137. The second-order valence-corrected chi connectivity index (χ2v) is 3.82. The van der Waals surface area contributed by atoms with Gasteiger partial charge < -0.3 is 10.2 Å². The lowest BCUT2D eigenvalue weighted by Gasteiger charge is -2.21. The Morgan fingerprint density at radius 2 is 2.20 bits per heavy atom. The molecule has 1 atom stereocenters. The van der Waals surface area contributed by atoms with Crippen LogP contribution in [0.15, 0.2) is 24.3 Å². The van der Waals surface area contributed by atoms with Gasteiger partial charge in [-0.05, 0) is 32.2 Å². The number of hydrogen-bond donors (Lipinski definition) is 1. The highest BCUT2D eigenvalue weighted by molar-refractivity contribution is 6.30. The Balaban J connectivity index is 2.85. The van der Waals surface area contributed by atoms with Gasteiger partial charge in [-0.2, -0.15) is 0 Å². The van der Waals surface area contributed by atoms with Crippen molar-refractivity contribution in [2.75, 3.05) is 19.0 Å². The SMILES string of the molecule is CN[C@@H](C)C(=O)N(C)c1cccc(Cl)c1. The van der Waals surface area contributed by atoms with Gasteiger partial charge in [-0.15, -0.1) is 0 Å². The molecule has 1 N–H and O–H groups in total. The van der Waals surface area contributed by atoms with E-state index in [1.165, 1.54) is 0 Å². The lowest BCUT2D eigenvalue weighted by molar-refractivity contribution is -0.119. The van der Waals surface area contributed by atoms with E-state index in [2.05, 4.69) is 5.32 Å². The number of nitrogens with zero attached hydrogens (tertiary/aromatic N) is 1. The summed E-state index contributed by atoms with van der Waals surface area (Å²) >= 11 is 5.85. The molecule has 0 bridgehead atoms. The van der Waals surface area contributed by atoms with Gasteiger partial charge >= 0.3 is 0 Å². The van der Waals surface area contributed by atoms with Crippen molar-refractivity contribution in [1.29, 1.82) is 0 Å². The summed E-state index contributed by atoms with van der Waals surface area (Å²) in [6.07, 6.45) is 0. The Hall–Kier alpha value is -1.06. The van der Waals surface area contributed by atoms with E-state index in [0.717, 1.165) is 5.69 Å². The molecule has 82 valence electrons. The number of halogens is 1. The third-order valence-electron chi connectivity index (χ3n) is 2.33. The highest BCUT2D eigenvalue weighted by Crippen LogP contribution is 2.18. The van der Waals surface area contributed by atoms with E-state index in [1.54, 1.807) is 31.1 Å². The van der Waals surface area contributed by atoms with Crippen molar-refractivity contribution in [3.8, 4) is 0 Å². The Labute approximate surface area is 95.0 Å². The first-order valence-electron chi connectivity index (χ1n) is 4.76. The number of hydrogen-bond acceptors (Lipinski definition) is 2. The molecule has 0 radical (unpaired) electrons. The molecule has 0 heterocycles. The highest BCUT2D eigenvalue weighted by atomic mass is 35.5. The minimum absolute atomic E-state index is 0.0137. The van der Waals surface area contributed by atoms with E-state index >= 15 is 0 Å². The molecule has 0 aliphatic rings. The van der Waals surface area contributed by atoms with Crippen LogP contribution in [0.1, 0.15) is 6.92 Å². The van der Waals surface area contributed by atoms with Crippen molar-refractivity contribution >= 4 is 23.2 Å². The number of carbonyl (C=O) groups excluding carboxylic acids is 1. The molecule has 0 fully saturated rings. The molecule has 0 unspecified atom stereocenters. The maximum Gasteiger partial charge on any atom is 0.243 e. The van der Waals surface area contributed by atoms with Crippen molar-refractivity contribution in [2.45, 2.75) is 13.0 Å². The van der Waals surface area contributed by atoms with E-state index in [9.17, 15) is 4.79 Å². The largest absolute Gasteiger partial charge is 0.314 e. The lowest BCUT2D eigenvalue weighted by Crippen LogP contribution is -2.41. The van der Waals surface area contributed by atoms with Crippen LogP contribution >= 0.6 is 11.6 Å². The number of likely N-dealkylation sites (N-methyl/N-ethyl adjacent to an activating group) is 2. The van der Waals surface area contributed by atoms with Gasteiger partial charge in [0.05, 0.1) is 6.04 Å². The van der Waals surface area contributed by atoms with E-state index < -0.39 is 0 Å². The van der Waals surface area contributed by atoms with Gasteiger partial charge in [0.2, 0.25) is 5.91 Å². The van der Waals surface area contributed by atoms with Gasteiger partial charge in [-0.3, -0.25) is 4.79 Å². The number of anilines is 1. The first-order valence-corrected chi connectivity index (χ1v) is 5.14. The molecule has 0 aliphatic heterocycles. The van der Waals surface area contributed by atoms with Crippen molar-refractivity contribution < 1.29 is 4.79 Å². The molecule has 15 heavy (non-hydrogen) atoms. The van der Waals surface area contributed by atoms with E-state index in [0.29, 0.717) is 5.02 Å². The number of amides is 1. The van der Waals surface area contributed by atoms with Crippen molar-refractivity contribution in [3.05, 3.63) is 29.3 Å². The summed E-state index contributed by atoms with van der Waals surface area (Å²) in [7, 11) is 3.50. The zero-order valence-electron chi connectivity index (χ0n) is 9.12. The molecule has 1 aromatic carbocycles. The summed E-state index contributed by atoms with van der Waals surface area (Å²) in [6.45, 7) is 1.82. The van der Waals surface area contributed by atoms with Crippen LogP contribution in [0.25, 0.3) is 0 Å². The van der Waals surface area contributed by atoms with E-state index in [-0.39, 0.29) is 11.9 Å². The van der Waals surface area contributed by atoms with Gasteiger partial charge in [0.1, 0.15) is 0 Å². The van der Waals surface area contributed by atoms with Crippen LogP contribution in [-0.4, -0.2) is 26.0 Å². The number of carbonyl (C=O) groups is 1. The maximum absolute atomic E-state index is 11.8. The number of nitrogens with one attached hydrogen (secondary N) is 1. The molecular formula is C11H15ClN2O. The Bertz CT molecular complexity index is 354. The number of rotatable bonds is 3. The molecular weight excluding hydrogens is 212 g/mol. The fourth-order valence-corrected chi connectivity index (χ4v) is 1.41. The predicted molar refractivity (Wildman–Crippen MR) is 63.4 cm³/mol. The average Bonchev–Trinajstić information content (AvgIpc) is 2.26. The lowest BCUT2D eigenvalue weighted by atomic mass is 10.2. The molecule has 4 heteroatoms. The topological polar surface area (TPSA) is 32.3 Å². The van der Waals surface area contributed by atoms with Gasteiger partial charge in [-0.25, -0.2) is 0 Å². The van der Waals surface area contributed by atoms with Crippen LogP contribution in [0.4, 0.5) is 5.69 Å². The van der Waals surface area contributed by atoms with Crippen LogP contribution in [0.3, 0.4) is 0 Å². The molecule has 0 aromatic heterocycles. The van der Waals surface area contributed by atoms with E-state index in [1.807, 2.05) is 19.1 Å². The van der Waals surface area contributed by atoms with Gasteiger partial charge in [-0.1, -0.05) is 17.7 Å². The quantitative estimate of drug-likeness (QED) is 0.854. The fourth-order valence-electron chi connectivity index (χ4n) is 1.23. The maximum atomic E-state index is 11.8. The van der Waals surface area contributed by atoms with Crippen LogP contribution in [0.5, 0.6) is 0 Å². The highest BCUT2D eigenvalue weighted by Gasteiger charge is 2.16. The second kappa shape index (κ2) is 5.14. The Morgan fingerprint density at radius 1 is 1.53 bits per heavy atom. The predicted octanol–water partition coefficient (Wildman–Crippen LogP) is 1.91. The Morgan fingerprint density at radius 3 is 2.73 bits per heavy atom. The fraction of sp³-hybridized carbons (Fsp3) is 0.364. The first kappa shape index (κ1) is 12.0. The smallest absolute Gasteiger partial charge is 0.243 e. The molecule has 3 nitrogen and oxygen atoms in total. The van der Waals surface area contributed by atoms with Crippen molar-refractivity contribution in [3.63, 3.8) is 0 Å². The first-order chi connectivity index (χ1) is 7.06. The summed E-state index contributed by atoms with van der Waals surface area (Å²) in [5, 5.41) is 3.53. The van der Waals surface area contributed by atoms with Gasteiger partial charge in [0.25, 0.3) is 0 Å². The summed E-state index contributed by atoms with van der Waals surface area (Å²) < 4.78 is 0. The third kappa shape index (κ3) is 2.94. The van der Waals surface area contributed by atoms with E-state index in [4.69, 9.17) is 11.6 Å². The Kier molecular flexibility index (Phi) is 4.12. The summed E-state index contributed by atoms with van der Waals surface area (Å²) in [6, 6.07) is 7.03. The molecule has 1 rings (SSSR count). The monoisotopic (exact) mass is 226 g/mol. The minimum atomic E-state index is -0.200. The number of benzene rings is 1. The van der Waals surface area contributed by atoms with Crippen molar-refractivity contribution in [1.82, 2.24) is 5.32 Å². The van der Waals surface area contributed by atoms with Crippen LogP contribution < -0.4 is 10.2 Å². The molecule has 0 aliphatic carbocycles. The molecule has 1 aromatic rings. The average molecular weight is 227 g/mol. The standard InChI is InChI=1S/C11H15ClN2O/c1-8(13-2)11(15)14(3)10-6-4-5-9(12)7-10/h4-8,13H,1-3H3/t8-/m0/s1. The summed E-state index contributed by atoms with van der Waals surface area (Å²) in [4.78, 5) is 13.4. The van der Waals surface area contributed by atoms with Crippen LogP contribution in [-0.2, 0) is 4.79 Å². The normalized spacial score (nSPS) is 12.3. The van der Waals surface area contributed by atoms with Gasteiger partial charge in [0.15, 0.2) is 0 Å². The minimum Gasteiger partial charge on any atom is -0.314 e. The second-order valence-electron chi connectivity index (χ2n) is 3.39. The zero-order chi connectivity index (χ0) is 11.4. The third-order valence-corrected chi connectivity index (χ3v) is 2.56. The molecule has 0 spiro atoms. The van der Waals surface area contributed by atoms with Crippen LogP contribution in [0, 0.1) is 0 Å². The van der Waals surface area contributed by atoms with Crippen LogP contribution in [0.2, 0.25) is 5.02 Å². The van der Waals surface area contributed by atoms with Gasteiger partial charge in [0, 0.05) is 17.8 Å².